The quantitative estimate of drug-likeness (QED) is 0.540. The Kier molecular flexibility index (Phi) is 6.30. The van der Waals surface area contributed by atoms with Gasteiger partial charge in [0.2, 0.25) is 0 Å². The molecule has 1 heterocycles. The van der Waals surface area contributed by atoms with Gasteiger partial charge >= 0.3 is 12.1 Å². The highest BCUT2D eigenvalue weighted by Gasteiger charge is 2.25. The molecule has 2 aromatic carbocycles. The molecule has 1 amide bonds. The number of carboxylic acid groups (broad SMARTS) is 1. The van der Waals surface area contributed by atoms with Crippen molar-refractivity contribution in [1.82, 2.24) is 10.3 Å². The fourth-order valence-corrected chi connectivity index (χ4v) is 3.03. The summed E-state index contributed by atoms with van der Waals surface area (Å²) in [6.07, 6.45) is 1.11. The van der Waals surface area contributed by atoms with Crippen LogP contribution in [0.2, 0.25) is 0 Å². The van der Waals surface area contributed by atoms with Gasteiger partial charge in [0.25, 0.3) is 0 Å². The number of hydrogen-bond acceptors (Lipinski definition) is 4. The van der Waals surface area contributed by atoms with Gasteiger partial charge in [-0.3, -0.25) is 0 Å². The summed E-state index contributed by atoms with van der Waals surface area (Å²) in [4.78, 5) is 26.8. The third kappa shape index (κ3) is 5.76. The van der Waals surface area contributed by atoms with Crippen LogP contribution in [0.15, 0.2) is 54.7 Å². The minimum Gasteiger partial charge on any atom is -0.489 e. The number of aliphatic carboxylic acids is 1. The summed E-state index contributed by atoms with van der Waals surface area (Å²) < 4.78 is 11.0. The number of hydrogen-bond donors (Lipinski definition) is 3. The van der Waals surface area contributed by atoms with Crippen molar-refractivity contribution in [2.45, 2.75) is 45.4 Å². The summed E-state index contributed by atoms with van der Waals surface area (Å²) in [5, 5.41) is 12.8. The van der Waals surface area contributed by atoms with Gasteiger partial charge in [0.05, 0.1) is 0 Å². The minimum absolute atomic E-state index is 0.124. The van der Waals surface area contributed by atoms with E-state index in [-0.39, 0.29) is 6.42 Å². The molecule has 0 aliphatic rings. The Morgan fingerprint density at radius 3 is 2.53 bits per heavy atom. The first-order valence-corrected chi connectivity index (χ1v) is 9.70. The number of nitrogens with one attached hydrogen (secondary N) is 2. The summed E-state index contributed by atoms with van der Waals surface area (Å²) in [6, 6.07) is 14.4. The molecule has 30 heavy (non-hydrogen) atoms. The van der Waals surface area contributed by atoms with Crippen LogP contribution in [0.1, 0.15) is 31.9 Å². The summed E-state index contributed by atoms with van der Waals surface area (Å²) >= 11 is 0. The Labute approximate surface area is 175 Å². The molecule has 158 valence electrons. The molecule has 1 unspecified atom stereocenters. The van der Waals surface area contributed by atoms with Gasteiger partial charge in [0, 0.05) is 29.6 Å². The maximum Gasteiger partial charge on any atom is 0.408 e. The van der Waals surface area contributed by atoms with Crippen molar-refractivity contribution in [2.75, 3.05) is 0 Å². The van der Waals surface area contributed by atoms with Gasteiger partial charge in [-0.1, -0.05) is 30.3 Å². The third-order valence-corrected chi connectivity index (χ3v) is 4.40. The maximum atomic E-state index is 12.0. The van der Waals surface area contributed by atoms with Crippen LogP contribution in [0.25, 0.3) is 10.9 Å². The number of benzene rings is 2. The number of H-pyrrole nitrogens is 1. The first-order valence-electron chi connectivity index (χ1n) is 9.70. The average molecular weight is 410 g/mol. The number of amides is 1. The highest BCUT2D eigenvalue weighted by Crippen LogP contribution is 2.25. The summed E-state index contributed by atoms with van der Waals surface area (Å²) in [7, 11) is 0. The number of ether oxygens (including phenoxy) is 2. The van der Waals surface area contributed by atoms with Gasteiger partial charge in [-0.15, -0.1) is 0 Å². The van der Waals surface area contributed by atoms with Gasteiger partial charge in [-0.05, 0) is 44.0 Å². The van der Waals surface area contributed by atoms with Gasteiger partial charge in [0.1, 0.15) is 24.0 Å². The summed E-state index contributed by atoms with van der Waals surface area (Å²) in [5.41, 5.74) is 1.98. The van der Waals surface area contributed by atoms with Crippen LogP contribution in [0, 0.1) is 0 Å². The maximum absolute atomic E-state index is 12.0. The van der Waals surface area contributed by atoms with Crippen molar-refractivity contribution >= 4 is 23.0 Å². The van der Waals surface area contributed by atoms with Crippen LogP contribution in [-0.4, -0.2) is 33.8 Å². The highest BCUT2D eigenvalue weighted by atomic mass is 16.6. The second kappa shape index (κ2) is 8.90. The number of alkyl carbamates (subject to hydrolysis) is 1. The van der Waals surface area contributed by atoms with Crippen molar-refractivity contribution in [3.8, 4) is 5.75 Å². The lowest BCUT2D eigenvalue weighted by Crippen LogP contribution is -2.44. The normalized spacial score (nSPS) is 12.4. The lowest BCUT2D eigenvalue weighted by atomic mass is 10.0. The molecule has 7 heteroatoms. The Morgan fingerprint density at radius 1 is 1.13 bits per heavy atom. The van der Waals surface area contributed by atoms with E-state index < -0.39 is 23.7 Å². The van der Waals surface area contributed by atoms with Crippen molar-refractivity contribution in [3.05, 3.63) is 65.9 Å². The second-order valence-electron chi connectivity index (χ2n) is 8.04. The fraction of sp³-hybridized carbons (Fsp3) is 0.304. The first-order chi connectivity index (χ1) is 14.2. The van der Waals surface area contributed by atoms with Crippen molar-refractivity contribution in [2.24, 2.45) is 0 Å². The van der Waals surface area contributed by atoms with Crippen molar-refractivity contribution in [3.63, 3.8) is 0 Å². The smallest absolute Gasteiger partial charge is 0.408 e. The van der Waals surface area contributed by atoms with Gasteiger partial charge in [0.15, 0.2) is 0 Å². The molecular weight excluding hydrogens is 384 g/mol. The van der Waals surface area contributed by atoms with Crippen LogP contribution in [0.4, 0.5) is 4.79 Å². The summed E-state index contributed by atoms with van der Waals surface area (Å²) in [5.74, 6) is -0.417. The molecule has 3 aromatic rings. The molecule has 0 aliphatic heterocycles. The van der Waals surface area contributed by atoms with Crippen LogP contribution in [0.5, 0.6) is 5.75 Å². The van der Waals surface area contributed by atoms with E-state index in [2.05, 4.69) is 10.3 Å². The molecule has 1 atom stereocenters. The van der Waals surface area contributed by atoms with E-state index in [0.717, 1.165) is 22.0 Å². The van der Waals surface area contributed by atoms with Gasteiger partial charge < -0.3 is 24.9 Å². The molecule has 0 bridgehead atoms. The van der Waals surface area contributed by atoms with Crippen LogP contribution >= 0.6 is 0 Å². The average Bonchev–Trinajstić information content (AvgIpc) is 3.07. The predicted molar refractivity (Wildman–Crippen MR) is 114 cm³/mol. The Bertz CT molecular complexity index is 1020. The van der Waals surface area contributed by atoms with E-state index >= 15 is 0 Å². The third-order valence-electron chi connectivity index (χ3n) is 4.40. The lowest BCUT2D eigenvalue weighted by molar-refractivity contribution is -0.139. The molecule has 3 N–H and O–H groups in total. The van der Waals surface area contributed by atoms with E-state index in [1.54, 1.807) is 27.0 Å². The molecule has 0 spiro atoms. The molecular formula is C23H26N2O5. The Balaban J connectivity index is 1.69. The minimum atomic E-state index is -1.13. The van der Waals surface area contributed by atoms with E-state index in [1.807, 2.05) is 48.5 Å². The lowest BCUT2D eigenvalue weighted by Gasteiger charge is -2.22. The van der Waals surface area contributed by atoms with Gasteiger partial charge in [-0.25, -0.2) is 9.59 Å². The van der Waals surface area contributed by atoms with E-state index in [4.69, 9.17) is 9.47 Å². The number of carbonyl (C=O) groups is 2. The number of aromatic nitrogens is 1. The topological polar surface area (TPSA) is 101 Å². The molecule has 0 aliphatic carbocycles. The largest absolute Gasteiger partial charge is 0.489 e. The molecule has 0 saturated heterocycles. The number of fused-ring (bicyclic) bond motifs is 1. The number of rotatable bonds is 7. The molecule has 0 fully saturated rings. The molecule has 0 radical (unpaired) electrons. The van der Waals surface area contributed by atoms with E-state index in [9.17, 15) is 14.7 Å². The Hall–Kier alpha value is -3.48. The fourth-order valence-electron chi connectivity index (χ4n) is 3.03. The van der Waals surface area contributed by atoms with E-state index in [1.165, 1.54) is 0 Å². The molecule has 3 rings (SSSR count). The van der Waals surface area contributed by atoms with Gasteiger partial charge in [-0.2, -0.15) is 0 Å². The number of carboxylic acids is 1. The van der Waals surface area contributed by atoms with Crippen molar-refractivity contribution < 1.29 is 24.2 Å². The van der Waals surface area contributed by atoms with Crippen molar-refractivity contribution in [1.29, 1.82) is 0 Å². The van der Waals surface area contributed by atoms with Crippen LogP contribution in [-0.2, 0) is 22.6 Å². The van der Waals surface area contributed by atoms with Crippen LogP contribution < -0.4 is 10.1 Å². The zero-order valence-corrected chi connectivity index (χ0v) is 17.3. The number of aromatic amines is 1. The highest BCUT2D eigenvalue weighted by molar-refractivity contribution is 5.86. The first kappa shape index (κ1) is 21.2. The molecule has 0 saturated carbocycles. The van der Waals surface area contributed by atoms with Crippen LogP contribution in [0.3, 0.4) is 0 Å². The zero-order valence-electron chi connectivity index (χ0n) is 17.3. The monoisotopic (exact) mass is 410 g/mol. The number of carbonyl (C=O) groups excluding carboxylic acids is 1. The van der Waals surface area contributed by atoms with E-state index in [0.29, 0.717) is 12.4 Å². The zero-order chi connectivity index (χ0) is 21.7. The Morgan fingerprint density at radius 2 is 1.87 bits per heavy atom. The molecule has 1 aromatic heterocycles. The molecule has 7 nitrogen and oxygen atoms in total. The SMILES string of the molecule is CC(C)(C)OC(=O)NC(Cc1c[nH]c2cc(OCc3ccccc3)ccc12)C(=O)O. The second-order valence-corrected chi connectivity index (χ2v) is 8.04. The standard InChI is InChI=1S/C23H26N2O5/c1-23(2,3)30-22(28)25-20(21(26)27)11-16-13-24-19-12-17(9-10-18(16)19)29-14-15-7-5-4-6-8-15/h4-10,12-13,20,24H,11,14H2,1-3H3,(H,25,28)(H,26,27). The predicted octanol–water partition coefficient (Wildman–Crippen LogP) is 4.27. The summed E-state index contributed by atoms with van der Waals surface area (Å²) in [6.45, 7) is 5.62.